The van der Waals surface area contributed by atoms with Crippen LogP contribution in [0.4, 0.5) is 11.4 Å². The van der Waals surface area contributed by atoms with Crippen LogP contribution in [-0.2, 0) is 9.53 Å². The lowest BCUT2D eigenvalue weighted by atomic mass is 10.2. The molecular formula is C15H23N3O2. The van der Waals surface area contributed by atoms with Crippen molar-refractivity contribution in [3.8, 4) is 0 Å². The molecule has 1 fully saturated rings. The van der Waals surface area contributed by atoms with Crippen LogP contribution < -0.4 is 15.5 Å². The van der Waals surface area contributed by atoms with Gasteiger partial charge in [-0.05, 0) is 25.0 Å². The molecule has 2 rings (SSSR count). The standard InChI is InChI=1S/C15H23N3O2/c1-20-11-8-16-12-15(19)17-13-6-2-3-7-14(13)18-9-4-5-10-18/h2-3,6-7,16H,4-5,8-12H2,1H3,(H,17,19). The van der Waals surface area contributed by atoms with Crippen molar-refractivity contribution in [2.45, 2.75) is 12.8 Å². The molecule has 0 aromatic heterocycles. The van der Waals surface area contributed by atoms with E-state index < -0.39 is 0 Å². The fourth-order valence-corrected chi connectivity index (χ4v) is 2.38. The molecule has 1 saturated heterocycles. The Labute approximate surface area is 120 Å². The van der Waals surface area contributed by atoms with E-state index in [1.165, 1.54) is 12.8 Å². The Hall–Kier alpha value is -1.59. The molecule has 1 aromatic rings. The van der Waals surface area contributed by atoms with E-state index in [0.717, 1.165) is 24.5 Å². The molecule has 0 atom stereocenters. The van der Waals surface area contributed by atoms with Gasteiger partial charge < -0.3 is 20.3 Å². The summed E-state index contributed by atoms with van der Waals surface area (Å²) in [7, 11) is 1.65. The third-order valence-corrected chi connectivity index (χ3v) is 3.39. The van der Waals surface area contributed by atoms with E-state index >= 15 is 0 Å². The number of para-hydroxylation sites is 2. The topological polar surface area (TPSA) is 53.6 Å². The maximum Gasteiger partial charge on any atom is 0.238 e. The lowest BCUT2D eigenvalue weighted by Crippen LogP contribution is -2.31. The molecule has 2 N–H and O–H groups in total. The average molecular weight is 277 g/mol. The van der Waals surface area contributed by atoms with Gasteiger partial charge in [0.25, 0.3) is 0 Å². The van der Waals surface area contributed by atoms with Crippen molar-refractivity contribution in [3.05, 3.63) is 24.3 Å². The van der Waals surface area contributed by atoms with E-state index in [0.29, 0.717) is 19.7 Å². The Morgan fingerprint density at radius 2 is 2.05 bits per heavy atom. The molecule has 1 amide bonds. The number of nitrogens with one attached hydrogen (secondary N) is 2. The van der Waals surface area contributed by atoms with Crippen LogP contribution in [0.3, 0.4) is 0 Å². The summed E-state index contributed by atoms with van der Waals surface area (Å²) in [6.45, 7) is 3.73. The van der Waals surface area contributed by atoms with E-state index in [9.17, 15) is 4.79 Å². The number of hydrogen-bond acceptors (Lipinski definition) is 4. The van der Waals surface area contributed by atoms with Crippen molar-refractivity contribution in [1.29, 1.82) is 0 Å². The predicted molar refractivity (Wildman–Crippen MR) is 81.3 cm³/mol. The third-order valence-electron chi connectivity index (χ3n) is 3.39. The van der Waals surface area contributed by atoms with Crippen LogP contribution in [0.2, 0.25) is 0 Å². The van der Waals surface area contributed by atoms with Gasteiger partial charge in [-0.1, -0.05) is 12.1 Å². The molecule has 0 unspecified atom stereocenters. The molecule has 1 heterocycles. The number of methoxy groups -OCH3 is 1. The van der Waals surface area contributed by atoms with Gasteiger partial charge in [-0.3, -0.25) is 4.79 Å². The van der Waals surface area contributed by atoms with Crippen LogP contribution in [-0.4, -0.2) is 45.8 Å². The summed E-state index contributed by atoms with van der Waals surface area (Å²) in [6, 6.07) is 7.99. The van der Waals surface area contributed by atoms with Crippen molar-refractivity contribution in [2.75, 3.05) is 50.1 Å². The van der Waals surface area contributed by atoms with Gasteiger partial charge in [-0.15, -0.1) is 0 Å². The fraction of sp³-hybridized carbons (Fsp3) is 0.533. The molecular weight excluding hydrogens is 254 g/mol. The quantitative estimate of drug-likeness (QED) is 0.741. The zero-order chi connectivity index (χ0) is 14.2. The van der Waals surface area contributed by atoms with Gasteiger partial charge in [0.2, 0.25) is 5.91 Å². The zero-order valence-electron chi connectivity index (χ0n) is 12.0. The predicted octanol–water partition coefficient (Wildman–Crippen LogP) is 1.46. The Morgan fingerprint density at radius 3 is 2.80 bits per heavy atom. The van der Waals surface area contributed by atoms with Crippen LogP contribution in [0, 0.1) is 0 Å². The molecule has 5 heteroatoms. The van der Waals surface area contributed by atoms with Crippen LogP contribution in [0.5, 0.6) is 0 Å². The van der Waals surface area contributed by atoms with Gasteiger partial charge in [0.1, 0.15) is 0 Å². The maximum atomic E-state index is 11.9. The molecule has 1 aliphatic rings. The number of hydrogen-bond donors (Lipinski definition) is 2. The molecule has 1 aromatic carbocycles. The summed E-state index contributed by atoms with van der Waals surface area (Å²) < 4.78 is 4.93. The zero-order valence-corrected chi connectivity index (χ0v) is 12.0. The summed E-state index contributed by atoms with van der Waals surface area (Å²) >= 11 is 0. The highest BCUT2D eigenvalue weighted by Crippen LogP contribution is 2.28. The van der Waals surface area contributed by atoms with E-state index in [4.69, 9.17) is 4.74 Å². The van der Waals surface area contributed by atoms with Crippen molar-refractivity contribution < 1.29 is 9.53 Å². The normalized spacial score (nSPS) is 14.6. The maximum absolute atomic E-state index is 11.9. The van der Waals surface area contributed by atoms with Gasteiger partial charge in [0, 0.05) is 26.7 Å². The van der Waals surface area contributed by atoms with Crippen LogP contribution >= 0.6 is 0 Å². The number of benzene rings is 1. The number of carbonyl (C=O) groups excluding carboxylic acids is 1. The first-order valence-corrected chi connectivity index (χ1v) is 7.15. The number of carbonyl (C=O) groups is 1. The highest BCUT2D eigenvalue weighted by atomic mass is 16.5. The van der Waals surface area contributed by atoms with Gasteiger partial charge >= 0.3 is 0 Å². The summed E-state index contributed by atoms with van der Waals surface area (Å²) in [5.74, 6) is -0.0206. The second kappa shape index (κ2) is 7.87. The molecule has 20 heavy (non-hydrogen) atoms. The smallest absolute Gasteiger partial charge is 0.238 e. The second-order valence-corrected chi connectivity index (χ2v) is 4.93. The number of rotatable bonds is 7. The summed E-state index contributed by atoms with van der Waals surface area (Å²) in [6.07, 6.45) is 2.45. The SMILES string of the molecule is COCCNCC(=O)Nc1ccccc1N1CCCC1. The third kappa shape index (κ3) is 4.21. The first kappa shape index (κ1) is 14.8. The lowest BCUT2D eigenvalue weighted by molar-refractivity contribution is -0.115. The van der Waals surface area contributed by atoms with E-state index in [1.54, 1.807) is 7.11 Å². The summed E-state index contributed by atoms with van der Waals surface area (Å²) in [4.78, 5) is 14.2. The summed E-state index contributed by atoms with van der Waals surface area (Å²) in [5.41, 5.74) is 2.02. The first-order chi connectivity index (χ1) is 9.81. The number of ether oxygens (including phenoxy) is 1. The minimum absolute atomic E-state index is 0.0206. The largest absolute Gasteiger partial charge is 0.383 e. The van der Waals surface area contributed by atoms with E-state index in [2.05, 4.69) is 21.6 Å². The van der Waals surface area contributed by atoms with E-state index in [1.807, 2.05) is 18.2 Å². The first-order valence-electron chi connectivity index (χ1n) is 7.15. The van der Waals surface area contributed by atoms with Crippen LogP contribution in [0.1, 0.15) is 12.8 Å². The Bertz CT molecular complexity index is 431. The Balaban J connectivity index is 1.89. The molecule has 0 spiro atoms. The number of nitrogens with zero attached hydrogens (tertiary/aromatic N) is 1. The average Bonchev–Trinajstić information content (AvgIpc) is 2.98. The fourth-order valence-electron chi connectivity index (χ4n) is 2.38. The van der Waals surface area contributed by atoms with Crippen LogP contribution in [0.25, 0.3) is 0 Å². The number of amides is 1. The second-order valence-electron chi connectivity index (χ2n) is 4.93. The number of anilines is 2. The summed E-state index contributed by atoms with van der Waals surface area (Å²) in [5, 5.41) is 6.03. The van der Waals surface area contributed by atoms with Crippen molar-refractivity contribution in [2.24, 2.45) is 0 Å². The highest BCUT2D eigenvalue weighted by Gasteiger charge is 2.16. The highest BCUT2D eigenvalue weighted by molar-refractivity contribution is 5.95. The Kier molecular flexibility index (Phi) is 5.83. The minimum atomic E-state index is -0.0206. The van der Waals surface area contributed by atoms with Gasteiger partial charge in [0.05, 0.1) is 24.5 Å². The molecule has 1 aliphatic heterocycles. The molecule has 0 saturated carbocycles. The van der Waals surface area contributed by atoms with Gasteiger partial charge in [-0.2, -0.15) is 0 Å². The van der Waals surface area contributed by atoms with Crippen LogP contribution in [0.15, 0.2) is 24.3 Å². The molecule has 0 radical (unpaired) electrons. The van der Waals surface area contributed by atoms with Gasteiger partial charge in [0.15, 0.2) is 0 Å². The van der Waals surface area contributed by atoms with Crippen molar-refractivity contribution in [1.82, 2.24) is 5.32 Å². The van der Waals surface area contributed by atoms with Gasteiger partial charge in [-0.25, -0.2) is 0 Å². The molecule has 110 valence electrons. The monoisotopic (exact) mass is 277 g/mol. The molecule has 0 bridgehead atoms. The molecule has 5 nitrogen and oxygen atoms in total. The van der Waals surface area contributed by atoms with Crippen molar-refractivity contribution >= 4 is 17.3 Å². The minimum Gasteiger partial charge on any atom is -0.383 e. The lowest BCUT2D eigenvalue weighted by Gasteiger charge is -2.21. The Morgan fingerprint density at radius 1 is 1.30 bits per heavy atom. The van der Waals surface area contributed by atoms with E-state index in [-0.39, 0.29) is 5.91 Å². The molecule has 0 aliphatic carbocycles. The van der Waals surface area contributed by atoms with Crippen molar-refractivity contribution in [3.63, 3.8) is 0 Å².